The summed E-state index contributed by atoms with van der Waals surface area (Å²) in [5, 5.41) is 7.55. The quantitative estimate of drug-likeness (QED) is 0.608. The second-order valence-corrected chi connectivity index (χ2v) is 6.02. The highest BCUT2D eigenvalue weighted by Gasteiger charge is 2.29. The maximum absolute atomic E-state index is 7.55. The molecule has 0 aromatic heterocycles. The zero-order valence-corrected chi connectivity index (χ0v) is 12.2. The SMILES string of the molecule is Cc1cc(N(CCC(C)C)C2CC2)ccc1C(=N)N. The van der Waals surface area contributed by atoms with E-state index in [1.165, 1.54) is 24.9 Å². The fourth-order valence-corrected chi connectivity index (χ4v) is 2.43. The Labute approximate surface area is 116 Å². The largest absolute Gasteiger partial charge is 0.384 e. The molecule has 0 saturated heterocycles. The van der Waals surface area contributed by atoms with Gasteiger partial charge in [-0.1, -0.05) is 13.8 Å². The molecule has 0 radical (unpaired) electrons. The molecule has 0 heterocycles. The molecule has 0 atom stereocenters. The van der Waals surface area contributed by atoms with Crippen molar-refractivity contribution in [3.8, 4) is 0 Å². The number of aryl methyl sites for hydroxylation is 1. The van der Waals surface area contributed by atoms with E-state index in [4.69, 9.17) is 11.1 Å². The van der Waals surface area contributed by atoms with Crippen molar-refractivity contribution in [2.75, 3.05) is 11.4 Å². The summed E-state index contributed by atoms with van der Waals surface area (Å²) in [4.78, 5) is 2.52. The first-order valence-electron chi connectivity index (χ1n) is 7.20. The third kappa shape index (κ3) is 3.49. The minimum Gasteiger partial charge on any atom is -0.384 e. The molecule has 1 aromatic carbocycles. The third-order valence-electron chi connectivity index (χ3n) is 3.77. The van der Waals surface area contributed by atoms with Crippen molar-refractivity contribution < 1.29 is 0 Å². The molecule has 0 bridgehead atoms. The van der Waals surface area contributed by atoms with Gasteiger partial charge in [0, 0.05) is 23.8 Å². The van der Waals surface area contributed by atoms with Gasteiger partial charge < -0.3 is 10.6 Å². The van der Waals surface area contributed by atoms with Gasteiger partial charge in [-0.25, -0.2) is 0 Å². The second kappa shape index (κ2) is 5.64. The third-order valence-corrected chi connectivity index (χ3v) is 3.77. The van der Waals surface area contributed by atoms with Crippen molar-refractivity contribution in [2.45, 2.75) is 46.1 Å². The molecule has 3 heteroatoms. The van der Waals surface area contributed by atoms with Crippen LogP contribution in [0, 0.1) is 18.3 Å². The van der Waals surface area contributed by atoms with Crippen molar-refractivity contribution >= 4 is 11.5 Å². The van der Waals surface area contributed by atoms with Gasteiger partial charge >= 0.3 is 0 Å². The van der Waals surface area contributed by atoms with Gasteiger partial charge in [0.15, 0.2) is 0 Å². The molecule has 19 heavy (non-hydrogen) atoms. The number of anilines is 1. The molecular weight excluding hydrogens is 234 g/mol. The Hall–Kier alpha value is -1.51. The topological polar surface area (TPSA) is 53.1 Å². The molecule has 1 saturated carbocycles. The predicted octanol–water partition coefficient (Wildman–Crippen LogP) is 3.29. The van der Waals surface area contributed by atoms with Crippen LogP contribution in [-0.2, 0) is 0 Å². The monoisotopic (exact) mass is 259 g/mol. The number of nitrogens with zero attached hydrogens (tertiary/aromatic N) is 1. The number of benzene rings is 1. The minimum atomic E-state index is 0.157. The number of nitrogen functional groups attached to an aromatic ring is 1. The van der Waals surface area contributed by atoms with Crippen molar-refractivity contribution in [3.05, 3.63) is 29.3 Å². The highest BCUT2D eigenvalue weighted by atomic mass is 15.2. The molecule has 104 valence electrons. The summed E-state index contributed by atoms with van der Waals surface area (Å²) in [5.41, 5.74) is 8.81. The first-order valence-corrected chi connectivity index (χ1v) is 7.20. The summed E-state index contributed by atoms with van der Waals surface area (Å²) < 4.78 is 0. The fourth-order valence-electron chi connectivity index (χ4n) is 2.43. The minimum absolute atomic E-state index is 0.157. The van der Waals surface area contributed by atoms with Crippen LogP contribution in [0.25, 0.3) is 0 Å². The summed E-state index contributed by atoms with van der Waals surface area (Å²) in [7, 11) is 0. The van der Waals surface area contributed by atoms with Crippen LogP contribution in [0.15, 0.2) is 18.2 Å². The van der Waals surface area contributed by atoms with Crippen LogP contribution in [0.5, 0.6) is 0 Å². The molecule has 0 amide bonds. The number of hydrogen-bond donors (Lipinski definition) is 2. The van der Waals surface area contributed by atoms with Crippen LogP contribution in [0.3, 0.4) is 0 Å². The van der Waals surface area contributed by atoms with Gasteiger partial charge in [0.1, 0.15) is 5.84 Å². The number of hydrogen-bond acceptors (Lipinski definition) is 2. The van der Waals surface area contributed by atoms with E-state index in [0.717, 1.165) is 29.6 Å². The number of amidine groups is 1. The molecule has 3 N–H and O–H groups in total. The van der Waals surface area contributed by atoms with Crippen molar-refractivity contribution in [2.24, 2.45) is 11.7 Å². The highest BCUT2D eigenvalue weighted by molar-refractivity contribution is 5.96. The van der Waals surface area contributed by atoms with Gasteiger partial charge in [-0.05, 0) is 55.9 Å². The molecule has 0 aliphatic heterocycles. The van der Waals surface area contributed by atoms with E-state index in [2.05, 4.69) is 30.9 Å². The Morgan fingerprint density at radius 3 is 2.58 bits per heavy atom. The van der Waals surface area contributed by atoms with Gasteiger partial charge in [0.25, 0.3) is 0 Å². The second-order valence-electron chi connectivity index (χ2n) is 6.02. The van der Waals surface area contributed by atoms with Crippen molar-refractivity contribution in [3.63, 3.8) is 0 Å². The summed E-state index contributed by atoms with van der Waals surface area (Å²) >= 11 is 0. The van der Waals surface area contributed by atoms with Crippen LogP contribution < -0.4 is 10.6 Å². The maximum Gasteiger partial charge on any atom is 0.123 e. The van der Waals surface area contributed by atoms with Crippen LogP contribution >= 0.6 is 0 Å². The van der Waals surface area contributed by atoms with Crippen LogP contribution in [0.1, 0.15) is 44.2 Å². The van der Waals surface area contributed by atoms with Crippen molar-refractivity contribution in [1.82, 2.24) is 0 Å². The van der Waals surface area contributed by atoms with Gasteiger partial charge in [-0.3, -0.25) is 5.41 Å². The number of nitrogens with two attached hydrogens (primary N) is 1. The number of nitrogens with one attached hydrogen (secondary N) is 1. The van der Waals surface area contributed by atoms with E-state index in [1.807, 2.05) is 13.0 Å². The van der Waals surface area contributed by atoms with Crippen LogP contribution in [0.4, 0.5) is 5.69 Å². The molecular formula is C16H25N3. The summed E-state index contributed by atoms with van der Waals surface area (Å²) in [6.45, 7) is 7.71. The maximum atomic E-state index is 7.55. The molecule has 0 unspecified atom stereocenters. The molecule has 0 spiro atoms. The van der Waals surface area contributed by atoms with Gasteiger partial charge in [0.2, 0.25) is 0 Å². The van der Waals surface area contributed by atoms with Crippen LogP contribution in [0.2, 0.25) is 0 Å². The van der Waals surface area contributed by atoms with E-state index in [1.54, 1.807) is 0 Å². The van der Waals surface area contributed by atoms with E-state index >= 15 is 0 Å². The van der Waals surface area contributed by atoms with Crippen LogP contribution in [-0.4, -0.2) is 18.4 Å². The van der Waals surface area contributed by atoms with E-state index in [0.29, 0.717) is 0 Å². The lowest BCUT2D eigenvalue weighted by Gasteiger charge is -2.26. The Bertz CT molecular complexity index is 461. The Morgan fingerprint density at radius 2 is 2.11 bits per heavy atom. The zero-order chi connectivity index (χ0) is 14.0. The fraction of sp³-hybridized carbons (Fsp3) is 0.562. The summed E-state index contributed by atoms with van der Waals surface area (Å²) in [6.07, 6.45) is 3.85. The average Bonchev–Trinajstić information content (AvgIpc) is 3.13. The predicted molar refractivity (Wildman–Crippen MR) is 82.0 cm³/mol. The highest BCUT2D eigenvalue weighted by Crippen LogP contribution is 2.33. The zero-order valence-electron chi connectivity index (χ0n) is 12.2. The molecule has 2 rings (SSSR count). The normalized spacial score (nSPS) is 14.7. The molecule has 1 fully saturated rings. The lowest BCUT2D eigenvalue weighted by atomic mass is 10.1. The summed E-state index contributed by atoms with van der Waals surface area (Å²) in [5.74, 6) is 0.892. The first-order chi connectivity index (χ1) is 8.99. The molecule has 1 aromatic rings. The van der Waals surface area contributed by atoms with Gasteiger partial charge in [-0.15, -0.1) is 0 Å². The Balaban J connectivity index is 2.17. The Morgan fingerprint density at radius 1 is 1.42 bits per heavy atom. The molecule has 1 aliphatic rings. The number of rotatable bonds is 6. The summed E-state index contributed by atoms with van der Waals surface area (Å²) in [6, 6.07) is 7.00. The lowest BCUT2D eigenvalue weighted by molar-refractivity contribution is 0.571. The Kier molecular flexibility index (Phi) is 4.13. The smallest absolute Gasteiger partial charge is 0.123 e. The van der Waals surface area contributed by atoms with E-state index in [9.17, 15) is 0 Å². The molecule has 3 nitrogen and oxygen atoms in total. The first kappa shape index (κ1) is 13.9. The van der Waals surface area contributed by atoms with Crippen molar-refractivity contribution in [1.29, 1.82) is 5.41 Å². The van der Waals surface area contributed by atoms with Gasteiger partial charge in [0.05, 0.1) is 0 Å². The van der Waals surface area contributed by atoms with E-state index < -0.39 is 0 Å². The standard InChI is InChI=1S/C16H25N3/c1-11(2)8-9-19(13-4-5-13)14-6-7-15(16(17)18)12(3)10-14/h6-7,10-11,13H,4-5,8-9H2,1-3H3,(H3,17,18). The average molecular weight is 259 g/mol. The lowest BCUT2D eigenvalue weighted by Crippen LogP contribution is -2.28. The van der Waals surface area contributed by atoms with E-state index in [-0.39, 0.29) is 5.84 Å². The molecule has 1 aliphatic carbocycles. The van der Waals surface area contributed by atoms with Gasteiger partial charge in [-0.2, -0.15) is 0 Å².